The summed E-state index contributed by atoms with van der Waals surface area (Å²) in [5, 5.41) is 11.7. The molecule has 1 aromatic heterocycles. The van der Waals surface area contributed by atoms with Gasteiger partial charge in [0.05, 0.1) is 6.20 Å². The Hall–Kier alpha value is -1.52. The van der Waals surface area contributed by atoms with Crippen molar-refractivity contribution in [2.45, 2.75) is 0 Å². The Bertz CT molecular complexity index is 194. The maximum atomic E-state index is 9.89. The smallest absolute Gasteiger partial charge is 0.425 e. The number of hydrogen-bond donors (Lipinski definition) is 2. The van der Waals surface area contributed by atoms with Crippen molar-refractivity contribution in [1.82, 2.24) is 9.89 Å². The quantitative estimate of drug-likeness (QED) is 0.562. The van der Waals surface area contributed by atoms with Gasteiger partial charge in [-0.3, -0.25) is 0 Å². The Morgan fingerprint density at radius 2 is 2.56 bits per heavy atom. The van der Waals surface area contributed by atoms with Crippen LogP contribution in [0.2, 0.25) is 0 Å². The van der Waals surface area contributed by atoms with E-state index in [0.717, 1.165) is 4.79 Å². The Labute approximate surface area is 50.9 Å². The lowest BCUT2D eigenvalue weighted by molar-refractivity contribution is 0.205. The summed E-state index contributed by atoms with van der Waals surface area (Å²) in [5.41, 5.74) is 2.01. The summed E-state index contributed by atoms with van der Waals surface area (Å²) in [6.45, 7) is 0. The lowest BCUT2D eigenvalue weighted by Gasteiger charge is -1.95. The highest BCUT2D eigenvalue weighted by atomic mass is 16.4. The highest BCUT2D eigenvalue weighted by Gasteiger charge is 1.91. The number of nitrogens with zero attached hydrogens (tertiary/aromatic N) is 2. The van der Waals surface area contributed by atoms with Crippen LogP contribution in [0.5, 0.6) is 0 Å². The molecule has 0 saturated carbocycles. The van der Waals surface area contributed by atoms with Crippen LogP contribution in [0.3, 0.4) is 0 Å². The number of aromatic nitrogens is 2. The zero-order valence-corrected chi connectivity index (χ0v) is 4.48. The first-order chi connectivity index (χ1) is 4.29. The molecule has 0 radical (unpaired) electrons. The van der Waals surface area contributed by atoms with E-state index < -0.39 is 6.09 Å². The van der Waals surface area contributed by atoms with Gasteiger partial charge in [-0.1, -0.05) is 0 Å². The summed E-state index contributed by atoms with van der Waals surface area (Å²) in [7, 11) is 0. The van der Waals surface area contributed by atoms with Gasteiger partial charge in [-0.2, -0.15) is 9.89 Å². The van der Waals surface area contributed by atoms with E-state index in [2.05, 4.69) is 5.10 Å². The maximum absolute atomic E-state index is 9.89. The first kappa shape index (κ1) is 5.61. The number of amides is 1. The zero-order chi connectivity index (χ0) is 6.69. The molecule has 5 heteroatoms. The monoisotopic (exact) mass is 127 g/mol. The molecule has 1 rings (SSSR count). The number of rotatable bonds is 1. The van der Waals surface area contributed by atoms with Crippen molar-refractivity contribution < 1.29 is 9.90 Å². The van der Waals surface area contributed by atoms with E-state index in [4.69, 9.17) is 5.11 Å². The van der Waals surface area contributed by atoms with E-state index in [9.17, 15) is 4.79 Å². The summed E-state index contributed by atoms with van der Waals surface area (Å²) in [6.07, 6.45) is 1.85. The number of carbonyl (C=O) groups is 1. The van der Waals surface area contributed by atoms with Crippen LogP contribution >= 0.6 is 0 Å². The summed E-state index contributed by atoms with van der Waals surface area (Å²) >= 11 is 0. The second kappa shape index (κ2) is 2.17. The number of hydrogen-bond acceptors (Lipinski definition) is 2. The maximum Gasteiger partial charge on any atom is 0.425 e. The molecule has 0 aliphatic rings. The van der Waals surface area contributed by atoms with Crippen LogP contribution in [-0.4, -0.2) is 21.1 Å². The number of nitrogens with one attached hydrogen (secondary N) is 1. The van der Waals surface area contributed by atoms with Crippen LogP contribution in [0.1, 0.15) is 0 Å². The average Bonchev–Trinajstić information content (AvgIpc) is 2.15. The van der Waals surface area contributed by atoms with E-state index in [0.29, 0.717) is 0 Å². The van der Waals surface area contributed by atoms with Crippen molar-refractivity contribution in [3.63, 3.8) is 0 Å². The van der Waals surface area contributed by atoms with Crippen LogP contribution < -0.4 is 5.43 Å². The molecule has 0 aromatic carbocycles. The van der Waals surface area contributed by atoms with E-state index in [1.807, 2.05) is 5.43 Å². The van der Waals surface area contributed by atoms with Crippen molar-refractivity contribution in [1.29, 1.82) is 0 Å². The van der Waals surface area contributed by atoms with Gasteiger partial charge in [-0.25, -0.2) is 10.2 Å². The van der Waals surface area contributed by atoms with Gasteiger partial charge in [0.1, 0.15) is 0 Å². The van der Waals surface area contributed by atoms with Gasteiger partial charge >= 0.3 is 6.09 Å². The van der Waals surface area contributed by atoms with Crippen molar-refractivity contribution in [3.05, 3.63) is 18.5 Å². The molecule has 1 aromatic rings. The van der Waals surface area contributed by atoms with Gasteiger partial charge in [0, 0.05) is 6.20 Å². The van der Waals surface area contributed by atoms with E-state index in [1.54, 1.807) is 6.07 Å². The average molecular weight is 127 g/mol. The van der Waals surface area contributed by atoms with Crippen molar-refractivity contribution in [3.8, 4) is 0 Å². The van der Waals surface area contributed by atoms with Gasteiger partial charge < -0.3 is 5.11 Å². The van der Waals surface area contributed by atoms with E-state index in [-0.39, 0.29) is 0 Å². The Morgan fingerprint density at radius 1 is 1.78 bits per heavy atom. The molecule has 0 saturated heterocycles. The third kappa shape index (κ3) is 1.45. The molecule has 9 heavy (non-hydrogen) atoms. The van der Waals surface area contributed by atoms with E-state index >= 15 is 0 Å². The fourth-order valence-electron chi connectivity index (χ4n) is 0.433. The largest absolute Gasteiger partial charge is 0.464 e. The van der Waals surface area contributed by atoms with Crippen LogP contribution in [0, 0.1) is 0 Å². The predicted octanol–water partition coefficient (Wildman–Crippen LogP) is 0.105. The van der Waals surface area contributed by atoms with Gasteiger partial charge in [-0.15, -0.1) is 0 Å². The molecular formula is C4H5N3O2. The molecule has 0 fully saturated rings. The molecule has 0 aliphatic heterocycles. The lowest BCUT2D eigenvalue weighted by Crippen LogP contribution is -2.20. The van der Waals surface area contributed by atoms with Crippen LogP contribution in [-0.2, 0) is 0 Å². The fourth-order valence-corrected chi connectivity index (χ4v) is 0.433. The summed E-state index contributed by atoms with van der Waals surface area (Å²) < 4.78 is 0. The second-order valence-electron chi connectivity index (χ2n) is 1.37. The molecule has 0 unspecified atom stereocenters. The predicted molar refractivity (Wildman–Crippen MR) is 29.6 cm³/mol. The molecule has 0 spiro atoms. The van der Waals surface area contributed by atoms with Crippen molar-refractivity contribution >= 4 is 6.09 Å². The fraction of sp³-hybridized carbons (Fsp3) is 0. The topological polar surface area (TPSA) is 67.2 Å². The van der Waals surface area contributed by atoms with Crippen molar-refractivity contribution in [2.75, 3.05) is 5.43 Å². The second-order valence-corrected chi connectivity index (χ2v) is 1.37. The van der Waals surface area contributed by atoms with Crippen LogP contribution in [0.15, 0.2) is 18.5 Å². The van der Waals surface area contributed by atoms with Gasteiger partial charge in [0.2, 0.25) is 0 Å². The molecule has 0 bridgehead atoms. The minimum Gasteiger partial charge on any atom is -0.464 e. The number of carboxylic acid groups (broad SMARTS) is 1. The zero-order valence-electron chi connectivity index (χ0n) is 4.48. The van der Waals surface area contributed by atoms with Crippen molar-refractivity contribution in [2.24, 2.45) is 0 Å². The first-order valence-electron chi connectivity index (χ1n) is 2.28. The molecule has 1 amide bonds. The summed E-state index contributed by atoms with van der Waals surface area (Å²) in [5.74, 6) is 0. The van der Waals surface area contributed by atoms with Gasteiger partial charge in [0.25, 0.3) is 0 Å². The minimum absolute atomic E-state index is 1.10. The molecule has 0 aliphatic carbocycles. The van der Waals surface area contributed by atoms with Gasteiger partial charge in [-0.05, 0) is 6.07 Å². The third-order valence-electron chi connectivity index (χ3n) is 0.715. The molecule has 0 atom stereocenters. The van der Waals surface area contributed by atoms with Crippen LogP contribution in [0.4, 0.5) is 4.79 Å². The lowest BCUT2D eigenvalue weighted by atomic mass is 10.8. The summed E-state index contributed by atoms with van der Waals surface area (Å²) in [6, 6.07) is 1.62. The molecule has 48 valence electrons. The van der Waals surface area contributed by atoms with Gasteiger partial charge in [0.15, 0.2) is 0 Å². The first-order valence-corrected chi connectivity index (χ1v) is 2.28. The standard InChI is InChI=1S/C4H5N3O2/c8-4(9)6-7-3-1-2-5-7/h1-3,6H,(H,8,9). The summed E-state index contributed by atoms with van der Waals surface area (Å²) in [4.78, 5) is 11.0. The SMILES string of the molecule is O=C(O)Nn1cccn1. The Balaban J connectivity index is 2.58. The van der Waals surface area contributed by atoms with Crippen LogP contribution in [0.25, 0.3) is 0 Å². The normalized spacial score (nSPS) is 8.89. The Kier molecular flexibility index (Phi) is 1.35. The molecule has 2 N–H and O–H groups in total. The molecule has 5 nitrogen and oxygen atoms in total. The highest BCUT2D eigenvalue weighted by molar-refractivity contribution is 5.72. The van der Waals surface area contributed by atoms with E-state index in [1.165, 1.54) is 12.4 Å². The minimum atomic E-state index is -1.13. The molecular weight excluding hydrogens is 122 g/mol. The highest BCUT2D eigenvalue weighted by Crippen LogP contribution is 1.77. The Morgan fingerprint density at radius 3 is 3.00 bits per heavy atom. The molecule has 1 heterocycles. The third-order valence-corrected chi connectivity index (χ3v) is 0.715.